The molecule has 0 aromatic heterocycles. The van der Waals surface area contributed by atoms with Crippen LogP contribution in [0.3, 0.4) is 0 Å². The first-order valence-corrected chi connectivity index (χ1v) is 6.21. The average Bonchev–Trinajstić information content (AvgIpc) is 2.80. The molecule has 0 bridgehead atoms. The van der Waals surface area contributed by atoms with E-state index in [1.807, 2.05) is 0 Å². The number of carboxylic acids is 1. The molecule has 0 spiro atoms. The molecule has 1 aliphatic carbocycles. The van der Waals surface area contributed by atoms with Gasteiger partial charge in [0.1, 0.15) is 0 Å². The van der Waals surface area contributed by atoms with Gasteiger partial charge in [-0.15, -0.1) is 0 Å². The molecule has 1 saturated heterocycles. The summed E-state index contributed by atoms with van der Waals surface area (Å²) in [6.07, 6.45) is 6.03. The molecule has 1 saturated carbocycles. The van der Waals surface area contributed by atoms with E-state index in [2.05, 4.69) is 0 Å². The summed E-state index contributed by atoms with van der Waals surface area (Å²) in [5.41, 5.74) is 0. The van der Waals surface area contributed by atoms with Crippen LogP contribution in [0.5, 0.6) is 0 Å². The van der Waals surface area contributed by atoms with Crippen molar-refractivity contribution >= 4 is 5.97 Å². The van der Waals surface area contributed by atoms with Gasteiger partial charge in [-0.1, -0.05) is 0 Å². The van der Waals surface area contributed by atoms with Crippen molar-refractivity contribution < 1.29 is 19.4 Å². The van der Waals surface area contributed by atoms with E-state index >= 15 is 0 Å². The van der Waals surface area contributed by atoms with Crippen LogP contribution in [0.4, 0.5) is 0 Å². The zero-order chi connectivity index (χ0) is 11.4. The number of rotatable bonds is 4. The Hall–Kier alpha value is -0.610. The molecule has 2 rings (SSSR count). The predicted octanol–water partition coefficient (Wildman–Crippen LogP) is 1.83. The highest BCUT2D eigenvalue weighted by atomic mass is 16.5. The van der Waals surface area contributed by atoms with Crippen molar-refractivity contribution in [3.05, 3.63) is 0 Å². The van der Waals surface area contributed by atoms with E-state index in [1.54, 1.807) is 0 Å². The van der Waals surface area contributed by atoms with Crippen molar-refractivity contribution in [1.82, 2.24) is 0 Å². The summed E-state index contributed by atoms with van der Waals surface area (Å²) in [6, 6.07) is 0. The molecule has 4 nitrogen and oxygen atoms in total. The molecular formula is C12H20O4. The summed E-state index contributed by atoms with van der Waals surface area (Å²) in [5, 5.41) is 8.87. The van der Waals surface area contributed by atoms with Crippen LogP contribution in [0.15, 0.2) is 0 Å². The van der Waals surface area contributed by atoms with Crippen molar-refractivity contribution in [1.29, 1.82) is 0 Å². The maximum Gasteiger partial charge on any atom is 0.306 e. The molecule has 92 valence electrons. The summed E-state index contributed by atoms with van der Waals surface area (Å²) in [5.74, 6) is -0.805. The largest absolute Gasteiger partial charge is 0.481 e. The molecule has 0 aromatic carbocycles. The van der Waals surface area contributed by atoms with Gasteiger partial charge in [-0.25, -0.2) is 0 Å². The van der Waals surface area contributed by atoms with Gasteiger partial charge in [0.25, 0.3) is 0 Å². The third-order valence-corrected chi connectivity index (χ3v) is 3.57. The van der Waals surface area contributed by atoms with Crippen molar-refractivity contribution in [2.75, 3.05) is 13.2 Å². The molecular weight excluding hydrogens is 208 g/mol. The van der Waals surface area contributed by atoms with E-state index in [1.165, 1.54) is 0 Å². The van der Waals surface area contributed by atoms with Gasteiger partial charge in [0, 0.05) is 6.61 Å². The van der Waals surface area contributed by atoms with Gasteiger partial charge in [0.15, 0.2) is 0 Å². The lowest BCUT2D eigenvalue weighted by Crippen LogP contribution is -2.28. The molecule has 1 N–H and O–H groups in total. The Balaban J connectivity index is 1.63. The van der Waals surface area contributed by atoms with E-state index in [0.717, 1.165) is 45.1 Å². The van der Waals surface area contributed by atoms with Crippen molar-refractivity contribution in [2.24, 2.45) is 5.92 Å². The Labute approximate surface area is 95.9 Å². The van der Waals surface area contributed by atoms with Crippen LogP contribution in [0.25, 0.3) is 0 Å². The van der Waals surface area contributed by atoms with E-state index in [0.29, 0.717) is 6.61 Å². The van der Waals surface area contributed by atoms with Gasteiger partial charge in [-0.2, -0.15) is 0 Å². The summed E-state index contributed by atoms with van der Waals surface area (Å²) < 4.78 is 11.3. The number of carbonyl (C=O) groups is 1. The highest BCUT2D eigenvalue weighted by Crippen LogP contribution is 2.27. The molecule has 1 atom stereocenters. The second kappa shape index (κ2) is 5.64. The fourth-order valence-electron chi connectivity index (χ4n) is 2.50. The Morgan fingerprint density at radius 3 is 2.56 bits per heavy atom. The molecule has 4 heteroatoms. The van der Waals surface area contributed by atoms with Gasteiger partial charge in [-0.05, 0) is 38.5 Å². The minimum Gasteiger partial charge on any atom is -0.481 e. The topological polar surface area (TPSA) is 55.8 Å². The smallest absolute Gasteiger partial charge is 0.306 e. The molecule has 0 unspecified atom stereocenters. The fourth-order valence-corrected chi connectivity index (χ4v) is 2.50. The Morgan fingerprint density at radius 2 is 2.00 bits per heavy atom. The maximum atomic E-state index is 10.8. The van der Waals surface area contributed by atoms with Crippen LogP contribution in [-0.4, -0.2) is 36.5 Å². The van der Waals surface area contributed by atoms with E-state index in [4.69, 9.17) is 14.6 Å². The number of hydrogen-bond donors (Lipinski definition) is 1. The zero-order valence-electron chi connectivity index (χ0n) is 9.56. The van der Waals surface area contributed by atoms with E-state index < -0.39 is 5.97 Å². The lowest BCUT2D eigenvalue weighted by atomic mass is 9.87. The molecule has 2 fully saturated rings. The summed E-state index contributed by atoms with van der Waals surface area (Å²) in [6.45, 7) is 1.54. The monoisotopic (exact) mass is 228 g/mol. The van der Waals surface area contributed by atoms with Gasteiger partial charge in [-0.3, -0.25) is 4.79 Å². The van der Waals surface area contributed by atoms with Crippen LogP contribution in [0.2, 0.25) is 0 Å². The normalized spacial score (nSPS) is 35.1. The maximum absolute atomic E-state index is 10.8. The van der Waals surface area contributed by atoms with Gasteiger partial charge < -0.3 is 14.6 Å². The lowest BCUT2D eigenvalue weighted by molar-refractivity contribution is -0.144. The second-order valence-electron chi connectivity index (χ2n) is 4.78. The number of carboxylic acid groups (broad SMARTS) is 1. The first kappa shape index (κ1) is 11.9. The molecule has 0 amide bonds. The van der Waals surface area contributed by atoms with Crippen molar-refractivity contribution in [2.45, 2.75) is 50.7 Å². The van der Waals surface area contributed by atoms with E-state index in [9.17, 15) is 4.79 Å². The third-order valence-electron chi connectivity index (χ3n) is 3.57. The minimum absolute atomic E-state index is 0.150. The van der Waals surface area contributed by atoms with Crippen molar-refractivity contribution in [3.63, 3.8) is 0 Å². The summed E-state index contributed by atoms with van der Waals surface area (Å²) >= 11 is 0. The van der Waals surface area contributed by atoms with Gasteiger partial charge in [0.05, 0.1) is 24.7 Å². The zero-order valence-corrected chi connectivity index (χ0v) is 9.56. The van der Waals surface area contributed by atoms with Crippen LogP contribution in [0.1, 0.15) is 38.5 Å². The quantitative estimate of drug-likeness (QED) is 0.797. The lowest BCUT2D eigenvalue weighted by Gasteiger charge is -2.27. The summed E-state index contributed by atoms with van der Waals surface area (Å²) in [7, 11) is 0. The molecule has 2 aliphatic rings. The predicted molar refractivity (Wildman–Crippen MR) is 58.3 cm³/mol. The fraction of sp³-hybridized carbons (Fsp3) is 0.917. The highest BCUT2D eigenvalue weighted by molar-refractivity contribution is 5.70. The molecule has 0 aromatic rings. The minimum atomic E-state index is -0.655. The summed E-state index contributed by atoms with van der Waals surface area (Å²) in [4.78, 5) is 10.8. The van der Waals surface area contributed by atoms with Gasteiger partial charge in [0.2, 0.25) is 0 Å². The van der Waals surface area contributed by atoms with E-state index in [-0.39, 0.29) is 18.1 Å². The number of ether oxygens (including phenoxy) is 2. The Morgan fingerprint density at radius 1 is 1.25 bits per heavy atom. The van der Waals surface area contributed by atoms with Crippen LogP contribution >= 0.6 is 0 Å². The van der Waals surface area contributed by atoms with Gasteiger partial charge >= 0.3 is 5.97 Å². The Kier molecular flexibility index (Phi) is 4.18. The first-order valence-electron chi connectivity index (χ1n) is 6.21. The average molecular weight is 228 g/mol. The van der Waals surface area contributed by atoms with Crippen LogP contribution < -0.4 is 0 Å². The second-order valence-corrected chi connectivity index (χ2v) is 4.78. The molecule has 1 heterocycles. The highest BCUT2D eigenvalue weighted by Gasteiger charge is 2.27. The number of aliphatic carboxylic acids is 1. The third kappa shape index (κ3) is 3.19. The van der Waals surface area contributed by atoms with Crippen LogP contribution in [0, 0.1) is 5.92 Å². The molecule has 1 aliphatic heterocycles. The van der Waals surface area contributed by atoms with Crippen LogP contribution in [-0.2, 0) is 14.3 Å². The standard InChI is InChI=1S/C12H20O4/c13-12(14)9-3-5-10(6-4-9)16-8-11-2-1-7-15-11/h9-11H,1-8H2,(H,13,14)/t9?,10?,11-/m1/s1. The molecule has 16 heavy (non-hydrogen) atoms. The SMILES string of the molecule is O=C(O)C1CCC(OC[C@H]2CCCO2)CC1. The van der Waals surface area contributed by atoms with Crippen molar-refractivity contribution in [3.8, 4) is 0 Å². The molecule has 0 radical (unpaired) electrons. The Bertz CT molecular complexity index is 227. The first-order chi connectivity index (χ1) is 7.75. The number of hydrogen-bond acceptors (Lipinski definition) is 3.